The van der Waals surface area contributed by atoms with Gasteiger partial charge in [-0.2, -0.15) is 8.78 Å². The van der Waals surface area contributed by atoms with Crippen LogP contribution < -0.4 is 24.8 Å². The molecular formula is C21H20F2N4O3. The van der Waals surface area contributed by atoms with Crippen LogP contribution in [0.15, 0.2) is 53.7 Å². The Hall–Kier alpha value is -3.62. The molecule has 0 saturated carbocycles. The largest absolute Gasteiger partial charge is 0.454 e. The Morgan fingerprint density at radius 1 is 1.10 bits per heavy atom. The molecule has 0 radical (unpaired) electrons. The zero-order valence-electron chi connectivity index (χ0n) is 16.2. The molecule has 9 heteroatoms. The minimum absolute atomic E-state index is 0.0236. The molecule has 3 aromatic rings. The predicted octanol–water partition coefficient (Wildman–Crippen LogP) is 3.43. The standard InChI is InChI=1S/C21H20F2N4O3/c1-24-21(26-10-14-5-2-4-13-6-3-7-25-19(13)14)27-11-15-8-17-18(29-12-28-17)9-16(15)30-20(22)23/h2-9,20H,10-12H2,1H3,(H2,24,26,27). The maximum atomic E-state index is 12.8. The van der Waals surface area contributed by atoms with E-state index in [1.165, 1.54) is 6.07 Å². The van der Waals surface area contributed by atoms with Crippen LogP contribution in [0.4, 0.5) is 8.78 Å². The summed E-state index contributed by atoms with van der Waals surface area (Å²) in [6.45, 7) is -2.20. The number of hydrogen-bond donors (Lipinski definition) is 2. The quantitative estimate of drug-likeness (QED) is 0.475. The molecule has 0 aliphatic carbocycles. The summed E-state index contributed by atoms with van der Waals surface area (Å²) in [4.78, 5) is 8.63. The summed E-state index contributed by atoms with van der Waals surface area (Å²) in [6, 6.07) is 12.9. The summed E-state index contributed by atoms with van der Waals surface area (Å²) >= 11 is 0. The number of pyridine rings is 1. The fraction of sp³-hybridized carbons (Fsp3) is 0.238. The fourth-order valence-corrected chi connectivity index (χ4v) is 3.20. The van der Waals surface area contributed by atoms with Gasteiger partial charge in [-0.05, 0) is 17.7 Å². The lowest BCUT2D eigenvalue weighted by Gasteiger charge is -2.15. The molecule has 2 heterocycles. The number of halogens is 2. The SMILES string of the molecule is CN=C(NCc1cc2c(cc1OC(F)F)OCO2)NCc1cccc2cccnc12. The second kappa shape index (κ2) is 8.81. The van der Waals surface area contributed by atoms with Gasteiger partial charge in [-0.15, -0.1) is 0 Å². The van der Waals surface area contributed by atoms with E-state index in [0.29, 0.717) is 29.6 Å². The third-order valence-corrected chi connectivity index (χ3v) is 4.60. The molecule has 0 saturated heterocycles. The molecule has 0 spiro atoms. The number of benzene rings is 2. The first-order valence-corrected chi connectivity index (χ1v) is 9.28. The van der Waals surface area contributed by atoms with Crippen molar-refractivity contribution in [2.24, 2.45) is 4.99 Å². The molecule has 0 bridgehead atoms. The number of para-hydroxylation sites is 1. The second-order valence-corrected chi connectivity index (χ2v) is 6.46. The molecule has 30 heavy (non-hydrogen) atoms. The molecule has 156 valence electrons. The number of nitrogens with one attached hydrogen (secondary N) is 2. The van der Waals surface area contributed by atoms with Crippen LogP contribution in [0.1, 0.15) is 11.1 Å². The van der Waals surface area contributed by atoms with Gasteiger partial charge in [-0.3, -0.25) is 9.98 Å². The second-order valence-electron chi connectivity index (χ2n) is 6.46. The van der Waals surface area contributed by atoms with Crippen molar-refractivity contribution >= 4 is 16.9 Å². The minimum atomic E-state index is -2.94. The van der Waals surface area contributed by atoms with E-state index < -0.39 is 6.61 Å². The first-order valence-electron chi connectivity index (χ1n) is 9.28. The molecule has 0 unspecified atom stereocenters. The molecule has 1 aromatic heterocycles. The smallest absolute Gasteiger partial charge is 0.387 e. The van der Waals surface area contributed by atoms with E-state index in [2.05, 4.69) is 25.3 Å². The molecule has 0 fully saturated rings. The van der Waals surface area contributed by atoms with E-state index in [1.807, 2.05) is 30.3 Å². The molecule has 4 rings (SSSR count). The van der Waals surface area contributed by atoms with Gasteiger partial charge in [0, 0.05) is 43.4 Å². The topological polar surface area (TPSA) is 77.0 Å². The number of nitrogens with zero attached hydrogens (tertiary/aromatic N) is 2. The monoisotopic (exact) mass is 414 g/mol. The summed E-state index contributed by atoms with van der Waals surface area (Å²) < 4.78 is 40.8. The Kier molecular flexibility index (Phi) is 5.78. The Balaban J connectivity index is 1.45. The first-order chi connectivity index (χ1) is 14.6. The van der Waals surface area contributed by atoms with Crippen molar-refractivity contribution in [3.05, 3.63) is 59.8 Å². The molecule has 1 aliphatic rings. The number of ether oxygens (including phenoxy) is 3. The molecule has 2 aromatic carbocycles. The van der Waals surface area contributed by atoms with Gasteiger partial charge in [0.15, 0.2) is 17.5 Å². The molecule has 2 N–H and O–H groups in total. The third kappa shape index (κ3) is 4.35. The highest BCUT2D eigenvalue weighted by atomic mass is 19.3. The molecular weight excluding hydrogens is 394 g/mol. The van der Waals surface area contributed by atoms with Gasteiger partial charge in [0.1, 0.15) is 5.75 Å². The minimum Gasteiger partial charge on any atom is -0.454 e. The number of hydrogen-bond acceptors (Lipinski definition) is 5. The Bertz CT molecular complexity index is 1070. The van der Waals surface area contributed by atoms with Gasteiger partial charge in [0.25, 0.3) is 0 Å². The van der Waals surface area contributed by atoms with Crippen molar-refractivity contribution in [3.8, 4) is 17.2 Å². The van der Waals surface area contributed by atoms with Crippen LogP contribution in [0, 0.1) is 0 Å². The van der Waals surface area contributed by atoms with Gasteiger partial charge < -0.3 is 24.8 Å². The lowest BCUT2D eigenvalue weighted by atomic mass is 10.1. The summed E-state index contributed by atoms with van der Waals surface area (Å²) in [5, 5.41) is 7.37. The number of alkyl halides is 2. The maximum absolute atomic E-state index is 12.8. The van der Waals surface area contributed by atoms with Crippen LogP contribution in [0.2, 0.25) is 0 Å². The maximum Gasteiger partial charge on any atom is 0.387 e. The number of rotatable bonds is 6. The van der Waals surface area contributed by atoms with Crippen molar-refractivity contribution < 1.29 is 23.0 Å². The van der Waals surface area contributed by atoms with Crippen LogP contribution in [0.3, 0.4) is 0 Å². The van der Waals surface area contributed by atoms with Crippen LogP contribution >= 0.6 is 0 Å². The van der Waals surface area contributed by atoms with Crippen LogP contribution in [-0.4, -0.2) is 31.4 Å². The van der Waals surface area contributed by atoms with E-state index >= 15 is 0 Å². The number of aromatic nitrogens is 1. The summed E-state index contributed by atoms with van der Waals surface area (Å²) in [5.41, 5.74) is 2.42. The zero-order valence-corrected chi connectivity index (χ0v) is 16.2. The van der Waals surface area contributed by atoms with Crippen LogP contribution in [0.5, 0.6) is 17.2 Å². The Labute approximate surface area is 171 Å². The lowest BCUT2D eigenvalue weighted by Crippen LogP contribution is -2.36. The van der Waals surface area contributed by atoms with Crippen molar-refractivity contribution in [1.29, 1.82) is 0 Å². The number of guanidine groups is 1. The van der Waals surface area contributed by atoms with Crippen LogP contribution in [0.25, 0.3) is 10.9 Å². The molecule has 1 aliphatic heterocycles. The Morgan fingerprint density at radius 2 is 1.83 bits per heavy atom. The van der Waals surface area contributed by atoms with E-state index in [0.717, 1.165) is 16.5 Å². The average Bonchev–Trinajstić information content (AvgIpc) is 3.20. The molecule has 0 atom stereocenters. The zero-order chi connectivity index (χ0) is 20.9. The normalized spacial score (nSPS) is 13.0. The fourth-order valence-electron chi connectivity index (χ4n) is 3.20. The van der Waals surface area contributed by atoms with Crippen molar-refractivity contribution in [2.45, 2.75) is 19.7 Å². The van der Waals surface area contributed by atoms with Gasteiger partial charge in [0.05, 0.1) is 5.52 Å². The van der Waals surface area contributed by atoms with Gasteiger partial charge in [-0.1, -0.05) is 24.3 Å². The number of fused-ring (bicyclic) bond motifs is 2. The van der Waals surface area contributed by atoms with E-state index in [1.54, 1.807) is 19.3 Å². The summed E-state index contributed by atoms with van der Waals surface area (Å²) in [5.74, 6) is 1.39. The molecule has 0 amide bonds. The van der Waals surface area contributed by atoms with Crippen molar-refractivity contribution in [3.63, 3.8) is 0 Å². The summed E-state index contributed by atoms with van der Waals surface area (Å²) in [7, 11) is 1.63. The molecule has 7 nitrogen and oxygen atoms in total. The van der Waals surface area contributed by atoms with E-state index in [-0.39, 0.29) is 19.1 Å². The van der Waals surface area contributed by atoms with E-state index in [4.69, 9.17) is 9.47 Å². The highest BCUT2D eigenvalue weighted by molar-refractivity contribution is 5.83. The predicted molar refractivity (Wildman–Crippen MR) is 108 cm³/mol. The summed E-state index contributed by atoms with van der Waals surface area (Å²) in [6.07, 6.45) is 1.75. The Morgan fingerprint density at radius 3 is 2.60 bits per heavy atom. The van der Waals surface area contributed by atoms with E-state index in [9.17, 15) is 8.78 Å². The van der Waals surface area contributed by atoms with Gasteiger partial charge in [0.2, 0.25) is 6.79 Å². The first kappa shape index (κ1) is 19.7. The lowest BCUT2D eigenvalue weighted by molar-refractivity contribution is -0.0505. The highest BCUT2D eigenvalue weighted by Crippen LogP contribution is 2.38. The number of aliphatic imine (C=N–C) groups is 1. The average molecular weight is 414 g/mol. The van der Waals surface area contributed by atoms with Gasteiger partial charge in [-0.25, -0.2) is 0 Å². The van der Waals surface area contributed by atoms with Gasteiger partial charge >= 0.3 is 6.61 Å². The van der Waals surface area contributed by atoms with Crippen LogP contribution in [-0.2, 0) is 13.1 Å². The highest BCUT2D eigenvalue weighted by Gasteiger charge is 2.20. The third-order valence-electron chi connectivity index (χ3n) is 4.60. The van der Waals surface area contributed by atoms with Crippen molar-refractivity contribution in [1.82, 2.24) is 15.6 Å². The van der Waals surface area contributed by atoms with Crippen molar-refractivity contribution in [2.75, 3.05) is 13.8 Å².